The first-order valence-electron chi connectivity index (χ1n) is 10.4. The molecule has 7 nitrogen and oxygen atoms in total. The minimum atomic E-state index is -0.0108. The number of rotatable bonds is 7. The molecular weight excluding hydrogens is 370 g/mol. The lowest BCUT2D eigenvalue weighted by atomic mass is 10.2. The van der Waals surface area contributed by atoms with Gasteiger partial charge in [-0.1, -0.05) is 6.07 Å². The molecule has 7 heteroatoms. The molecule has 29 heavy (non-hydrogen) atoms. The molecule has 2 heterocycles. The molecule has 0 radical (unpaired) electrons. The fourth-order valence-corrected chi connectivity index (χ4v) is 3.72. The Morgan fingerprint density at radius 1 is 1.00 bits per heavy atom. The van der Waals surface area contributed by atoms with Crippen molar-refractivity contribution in [1.29, 1.82) is 0 Å². The van der Waals surface area contributed by atoms with Crippen molar-refractivity contribution in [1.82, 2.24) is 14.7 Å². The SMILES string of the molecule is CCOc1ccc(/C=C/C(=O)N2CCN(CC(=O)N3CCCC3)CC2)cc1OC. The van der Waals surface area contributed by atoms with Crippen LogP contribution >= 0.6 is 0 Å². The molecule has 0 aliphatic carbocycles. The van der Waals surface area contributed by atoms with Crippen LogP contribution in [0.5, 0.6) is 11.5 Å². The Bertz CT molecular complexity index is 736. The summed E-state index contributed by atoms with van der Waals surface area (Å²) in [4.78, 5) is 30.7. The quantitative estimate of drug-likeness (QED) is 0.653. The highest BCUT2D eigenvalue weighted by molar-refractivity contribution is 5.92. The molecule has 1 aromatic rings. The Labute approximate surface area is 172 Å². The Balaban J connectivity index is 1.48. The van der Waals surface area contributed by atoms with E-state index in [0.29, 0.717) is 37.7 Å². The van der Waals surface area contributed by atoms with Gasteiger partial charge in [-0.2, -0.15) is 0 Å². The number of benzene rings is 1. The van der Waals surface area contributed by atoms with E-state index in [4.69, 9.17) is 9.47 Å². The number of nitrogens with zero attached hydrogens (tertiary/aromatic N) is 3. The van der Waals surface area contributed by atoms with Gasteiger partial charge >= 0.3 is 0 Å². The molecule has 158 valence electrons. The minimum Gasteiger partial charge on any atom is -0.493 e. The van der Waals surface area contributed by atoms with Crippen molar-refractivity contribution in [2.75, 3.05) is 59.5 Å². The van der Waals surface area contributed by atoms with Gasteiger partial charge in [0.15, 0.2) is 11.5 Å². The number of hydrogen-bond donors (Lipinski definition) is 0. The van der Waals surface area contributed by atoms with E-state index < -0.39 is 0 Å². The van der Waals surface area contributed by atoms with Gasteiger partial charge in [0.1, 0.15) is 0 Å². The van der Waals surface area contributed by atoms with Crippen LogP contribution in [0.25, 0.3) is 6.08 Å². The lowest BCUT2D eigenvalue weighted by molar-refractivity contribution is -0.132. The summed E-state index contributed by atoms with van der Waals surface area (Å²) in [6.07, 6.45) is 5.62. The van der Waals surface area contributed by atoms with Gasteiger partial charge in [-0.3, -0.25) is 14.5 Å². The van der Waals surface area contributed by atoms with Crippen LogP contribution in [0.1, 0.15) is 25.3 Å². The van der Waals surface area contributed by atoms with Crippen molar-refractivity contribution in [3.8, 4) is 11.5 Å². The molecule has 2 fully saturated rings. The number of piperazine rings is 1. The van der Waals surface area contributed by atoms with Crippen LogP contribution < -0.4 is 9.47 Å². The van der Waals surface area contributed by atoms with Crippen molar-refractivity contribution < 1.29 is 19.1 Å². The molecule has 2 saturated heterocycles. The van der Waals surface area contributed by atoms with Crippen molar-refractivity contribution >= 4 is 17.9 Å². The van der Waals surface area contributed by atoms with E-state index >= 15 is 0 Å². The van der Waals surface area contributed by atoms with Crippen molar-refractivity contribution in [2.45, 2.75) is 19.8 Å². The van der Waals surface area contributed by atoms with Crippen LogP contribution in [-0.4, -0.2) is 86.0 Å². The average molecular weight is 402 g/mol. The predicted octanol–water partition coefficient (Wildman–Crippen LogP) is 1.87. The fourth-order valence-electron chi connectivity index (χ4n) is 3.72. The minimum absolute atomic E-state index is 0.0108. The number of carbonyl (C=O) groups excluding carboxylic acids is 2. The summed E-state index contributed by atoms with van der Waals surface area (Å²) in [7, 11) is 1.60. The molecule has 2 aliphatic heterocycles. The Hall–Kier alpha value is -2.54. The number of methoxy groups -OCH3 is 1. The standard InChI is InChI=1S/C22H31N3O4/c1-3-29-19-8-6-18(16-20(19)28-2)7-9-21(26)25-14-12-23(13-15-25)17-22(27)24-10-4-5-11-24/h6-9,16H,3-5,10-15,17H2,1-2H3/b9-7+. The average Bonchev–Trinajstić information content (AvgIpc) is 3.28. The molecule has 0 spiro atoms. The summed E-state index contributed by atoms with van der Waals surface area (Å²) < 4.78 is 10.9. The molecule has 0 aromatic heterocycles. The highest BCUT2D eigenvalue weighted by atomic mass is 16.5. The normalized spacial score (nSPS) is 17.7. The van der Waals surface area contributed by atoms with E-state index in [0.717, 1.165) is 44.6 Å². The van der Waals surface area contributed by atoms with Crippen molar-refractivity contribution in [3.63, 3.8) is 0 Å². The van der Waals surface area contributed by atoms with Gasteiger partial charge in [0, 0.05) is 45.3 Å². The molecule has 2 aliphatic rings. The molecule has 0 unspecified atom stereocenters. The highest BCUT2D eigenvalue weighted by Crippen LogP contribution is 2.28. The first-order valence-corrected chi connectivity index (χ1v) is 10.4. The number of amides is 2. The zero-order valence-corrected chi connectivity index (χ0v) is 17.4. The van der Waals surface area contributed by atoms with Gasteiger partial charge in [-0.05, 0) is 43.5 Å². The lowest BCUT2D eigenvalue weighted by Gasteiger charge is -2.34. The van der Waals surface area contributed by atoms with Crippen LogP contribution in [0, 0.1) is 0 Å². The summed E-state index contributed by atoms with van der Waals surface area (Å²) in [6.45, 7) is 7.48. The predicted molar refractivity (Wildman–Crippen MR) is 112 cm³/mol. The Kier molecular flexibility index (Phi) is 7.52. The summed E-state index contributed by atoms with van der Waals surface area (Å²) >= 11 is 0. The summed E-state index contributed by atoms with van der Waals surface area (Å²) in [5, 5.41) is 0. The van der Waals surface area contributed by atoms with E-state index in [1.807, 2.05) is 34.9 Å². The second-order valence-corrected chi connectivity index (χ2v) is 7.37. The first kappa shape index (κ1) is 21.2. The van der Waals surface area contributed by atoms with Gasteiger partial charge in [0.25, 0.3) is 0 Å². The van der Waals surface area contributed by atoms with Crippen LogP contribution in [0.4, 0.5) is 0 Å². The maximum Gasteiger partial charge on any atom is 0.246 e. The fraction of sp³-hybridized carbons (Fsp3) is 0.545. The molecule has 2 amide bonds. The molecular formula is C22H31N3O4. The summed E-state index contributed by atoms with van der Waals surface area (Å²) in [6, 6.07) is 5.61. The molecule has 3 rings (SSSR count). The third-order valence-electron chi connectivity index (χ3n) is 5.41. The van der Waals surface area contributed by atoms with Gasteiger partial charge in [-0.15, -0.1) is 0 Å². The summed E-state index contributed by atoms with van der Waals surface area (Å²) in [5.74, 6) is 1.55. The van der Waals surface area contributed by atoms with Gasteiger partial charge in [0.05, 0.1) is 20.3 Å². The van der Waals surface area contributed by atoms with Crippen LogP contribution in [0.2, 0.25) is 0 Å². The van der Waals surface area contributed by atoms with Crippen LogP contribution in [-0.2, 0) is 9.59 Å². The zero-order chi connectivity index (χ0) is 20.6. The van der Waals surface area contributed by atoms with Gasteiger partial charge in [-0.25, -0.2) is 0 Å². The number of hydrogen-bond acceptors (Lipinski definition) is 5. The zero-order valence-electron chi connectivity index (χ0n) is 17.4. The van der Waals surface area contributed by atoms with Crippen LogP contribution in [0.3, 0.4) is 0 Å². The van der Waals surface area contributed by atoms with Crippen molar-refractivity contribution in [2.24, 2.45) is 0 Å². The largest absolute Gasteiger partial charge is 0.493 e. The van der Waals surface area contributed by atoms with E-state index in [1.165, 1.54) is 0 Å². The highest BCUT2D eigenvalue weighted by Gasteiger charge is 2.24. The van der Waals surface area contributed by atoms with E-state index in [9.17, 15) is 9.59 Å². The third kappa shape index (κ3) is 5.73. The lowest BCUT2D eigenvalue weighted by Crippen LogP contribution is -2.51. The van der Waals surface area contributed by atoms with Gasteiger partial charge < -0.3 is 19.3 Å². The second kappa shape index (κ2) is 10.3. The smallest absolute Gasteiger partial charge is 0.246 e. The van der Waals surface area contributed by atoms with Gasteiger partial charge in [0.2, 0.25) is 11.8 Å². The maximum atomic E-state index is 12.5. The molecule has 0 atom stereocenters. The first-order chi connectivity index (χ1) is 14.1. The Morgan fingerprint density at radius 3 is 2.38 bits per heavy atom. The van der Waals surface area contributed by atoms with E-state index in [1.54, 1.807) is 19.3 Å². The topological polar surface area (TPSA) is 62.3 Å². The number of carbonyl (C=O) groups is 2. The third-order valence-corrected chi connectivity index (χ3v) is 5.41. The van der Waals surface area contributed by atoms with E-state index in [2.05, 4.69) is 4.90 Å². The number of likely N-dealkylation sites (tertiary alicyclic amines) is 1. The Morgan fingerprint density at radius 2 is 1.72 bits per heavy atom. The maximum absolute atomic E-state index is 12.5. The van der Waals surface area contributed by atoms with E-state index in [-0.39, 0.29) is 11.8 Å². The number of ether oxygens (including phenoxy) is 2. The van der Waals surface area contributed by atoms with Crippen molar-refractivity contribution in [3.05, 3.63) is 29.8 Å². The monoisotopic (exact) mass is 401 g/mol. The summed E-state index contributed by atoms with van der Waals surface area (Å²) in [5.41, 5.74) is 0.883. The molecule has 0 saturated carbocycles. The van der Waals surface area contributed by atoms with Crippen LogP contribution in [0.15, 0.2) is 24.3 Å². The molecule has 0 N–H and O–H groups in total. The second-order valence-electron chi connectivity index (χ2n) is 7.37. The molecule has 1 aromatic carbocycles. The molecule has 0 bridgehead atoms.